The molecule has 10 nitrogen and oxygen atoms in total. The summed E-state index contributed by atoms with van der Waals surface area (Å²) in [6.45, 7) is 1.09. The van der Waals surface area contributed by atoms with Crippen molar-refractivity contribution < 1.29 is 32.3 Å². The first-order valence-electron chi connectivity index (χ1n) is 12.0. The fourth-order valence-corrected chi connectivity index (χ4v) is 6.61. The Morgan fingerprint density at radius 1 is 1.05 bits per heavy atom. The summed E-state index contributed by atoms with van der Waals surface area (Å²) >= 11 is 1.00. The van der Waals surface area contributed by atoms with Crippen molar-refractivity contribution in [3.8, 4) is 0 Å². The van der Waals surface area contributed by atoms with Crippen LogP contribution in [0.5, 0.6) is 0 Å². The number of rotatable bonds is 9. The number of carbonyl (C=O) groups is 4. The maximum Gasteiger partial charge on any atom is 0.337 e. The van der Waals surface area contributed by atoms with E-state index in [9.17, 15) is 27.6 Å². The highest BCUT2D eigenvalue weighted by atomic mass is 32.2. The molecular formula is C27H31N3O7S2. The minimum absolute atomic E-state index is 0.00362. The van der Waals surface area contributed by atoms with Gasteiger partial charge in [0.05, 0.1) is 19.2 Å². The highest BCUT2D eigenvalue weighted by Gasteiger charge is 2.44. The minimum atomic E-state index is -4.01. The molecule has 0 spiro atoms. The van der Waals surface area contributed by atoms with Crippen molar-refractivity contribution in [1.29, 1.82) is 0 Å². The Hall–Kier alpha value is -3.48. The average molecular weight is 574 g/mol. The summed E-state index contributed by atoms with van der Waals surface area (Å²) in [5, 5.41) is 0.491. The predicted molar refractivity (Wildman–Crippen MR) is 150 cm³/mol. The summed E-state index contributed by atoms with van der Waals surface area (Å²) in [4.78, 5) is 52.3. The van der Waals surface area contributed by atoms with E-state index >= 15 is 0 Å². The molecule has 0 bridgehead atoms. The zero-order valence-corrected chi connectivity index (χ0v) is 23.8. The lowest BCUT2D eigenvalue weighted by Crippen LogP contribution is -2.48. The van der Waals surface area contributed by atoms with Crippen LogP contribution in [0.3, 0.4) is 0 Å². The second-order valence-electron chi connectivity index (χ2n) is 9.00. The fraction of sp³-hybridized carbons (Fsp3) is 0.333. The lowest BCUT2D eigenvalue weighted by Gasteiger charge is -2.27. The van der Waals surface area contributed by atoms with Gasteiger partial charge in [0.1, 0.15) is 6.04 Å². The number of esters is 1. The monoisotopic (exact) mass is 573 g/mol. The first kappa shape index (κ1) is 30.1. The van der Waals surface area contributed by atoms with Crippen LogP contribution in [0.25, 0.3) is 6.08 Å². The highest BCUT2D eigenvalue weighted by molar-refractivity contribution is 8.14. The quantitative estimate of drug-likeness (QED) is 0.420. The zero-order valence-electron chi connectivity index (χ0n) is 22.1. The molecule has 208 valence electrons. The van der Waals surface area contributed by atoms with Gasteiger partial charge in [-0.3, -0.25) is 14.4 Å². The molecule has 39 heavy (non-hydrogen) atoms. The van der Waals surface area contributed by atoms with Gasteiger partial charge in [0.25, 0.3) is 0 Å². The SMILES string of the molecule is COC(=O)c1ccc(N(C)C(=O)CN(C)C(=O)[C@@H]2C[C@@H](SC(C)=O)CN2S(=O)(=O)C=Cc2ccccc2)cc1. The van der Waals surface area contributed by atoms with Crippen LogP contribution in [0, 0.1) is 0 Å². The molecule has 1 saturated heterocycles. The summed E-state index contributed by atoms with van der Waals surface area (Å²) in [5.41, 5.74) is 1.52. The van der Waals surface area contributed by atoms with Gasteiger partial charge in [-0.05, 0) is 42.3 Å². The van der Waals surface area contributed by atoms with Gasteiger partial charge >= 0.3 is 5.97 Å². The molecule has 1 fully saturated rings. The van der Waals surface area contributed by atoms with E-state index in [1.54, 1.807) is 36.4 Å². The van der Waals surface area contributed by atoms with Crippen LogP contribution in [0.15, 0.2) is 60.0 Å². The first-order valence-corrected chi connectivity index (χ1v) is 14.4. The van der Waals surface area contributed by atoms with Gasteiger partial charge in [0.15, 0.2) is 5.12 Å². The molecular weight excluding hydrogens is 542 g/mol. The Balaban J connectivity index is 1.75. The fourth-order valence-electron chi connectivity index (χ4n) is 4.13. The molecule has 0 N–H and O–H groups in total. The predicted octanol–water partition coefficient (Wildman–Crippen LogP) is 2.62. The third kappa shape index (κ3) is 7.78. The average Bonchev–Trinajstić information content (AvgIpc) is 3.35. The Labute approximate surface area is 232 Å². The number of hydrogen-bond donors (Lipinski definition) is 0. The second kappa shape index (κ2) is 13.0. The van der Waals surface area contributed by atoms with Crippen molar-refractivity contribution in [2.45, 2.75) is 24.6 Å². The number of nitrogens with zero attached hydrogens (tertiary/aromatic N) is 3. The Kier molecular flexibility index (Phi) is 10.1. The maximum atomic E-state index is 13.4. The zero-order chi connectivity index (χ0) is 28.7. The first-order chi connectivity index (χ1) is 18.4. The lowest BCUT2D eigenvalue weighted by molar-refractivity contribution is -0.136. The van der Waals surface area contributed by atoms with E-state index in [0.717, 1.165) is 21.5 Å². The second-order valence-corrected chi connectivity index (χ2v) is 12.2. The summed E-state index contributed by atoms with van der Waals surface area (Å²) in [7, 11) is 0.236. The van der Waals surface area contributed by atoms with Gasteiger partial charge < -0.3 is 14.5 Å². The summed E-state index contributed by atoms with van der Waals surface area (Å²) in [5.74, 6) is -1.46. The van der Waals surface area contributed by atoms with Crippen molar-refractivity contribution in [3.63, 3.8) is 0 Å². The molecule has 0 aromatic heterocycles. The number of hydrogen-bond acceptors (Lipinski definition) is 8. The summed E-state index contributed by atoms with van der Waals surface area (Å²) < 4.78 is 32.3. The van der Waals surface area contributed by atoms with E-state index in [2.05, 4.69) is 4.74 Å². The molecule has 1 aliphatic rings. The number of ether oxygens (including phenoxy) is 1. The molecule has 0 saturated carbocycles. The van der Waals surface area contributed by atoms with Crippen LogP contribution >= 0.6 is 11.8 Å². The summed E-state index contributed by atoms with van der Waals surface area (Å²) in [6.07, 6.45) is 1.60. The van der Waals surface area contributed by atoms with E-state index in [0.29, 0.717) is 16.8 Å². The van der Waals surface area contributed by atoms with E-state index in [4.69, 9.17) is 0 Å². The van der Waals surface area contributed by atoms with Crippen LogP contribution in [-0.4, -0.2) is 86.1 Å². The Morgan fingerprint density at radius 2 is 1.69 bits per heavy atom. The molecule has 2 atom stereocenters. The molecule has 0 unspecified atom stereocenters. The van der Waals surface area contributed by atoms with E-state index < -0.39 is 39.1 Å². The smallest absolute Gasteiger partial charge is 0.337 e. The number of carbonyl (C=O) groups excluding carboxylic acids is 4. The number of likely N-dealkylation sites (N-methyl/N-ethyl adjacent to an activating group) is 2. The van der Waals surface area contributed by atoms with E-state index in [1.807, 2.05) is 6.07 Å². The maximum absolute atomic E-state index is 13.4. The van der Waals surface area contributed by atoms with Gasteiger partial charge in [-0.25, -0.2) is 13.2 Å². The molecule has 0 aliphatic carbocycles. The van der Waals surface area contributed by atoms with Gasteiger partial charge in [-0.1, -0.05) is 42.1 Å². The van der Waals surface area contributed by atoms with Gasteiger partial charge in [-0.2, -0.15) is 4.31 Å². The van der Waals surface area contributed by atoms with Crippen LogP contribution in [-0.2, 0) is 29.1 Å². The number of sulfonamides is 1. The van der Waals surface area contributed by atoms with Gasteiger partial charge in [0.2, 0.25) is 21.8 Å². The molecule has 12 heteroatoms. The van der Waals surface area contributed by atoms with Crippen LogP contribution < -0.4 is 4.90 Å². The van der Waals surface area contributed by atoms with Crippen molar-refractivity contribution in [2.75, 3.05) is 39.2 Å². The van der Waals surface area contributed by atoms with E-state index in [-0.39, 0.29) is 24.6 Å². The van der Waals surface area contributed by atoms with Gasteiger partial charge in [-0.15, -0.1) is 0 Å². The topological polar surface area (TPSA) is 121 Å². The van der Waals surface area contributed by atoms with Crippen LogP contribution in [0.4, 0.5) is 5.69 Å². The van der Waals surface area contributed by atoms with Gasteiger partial charge in [0, 0.05) is 43.9 Å². The van der Waals surface area contributed by atoms with Crippen LogP contribution in [0.1, 0.15) is 29.3 Å². The number of methoxy groups -OCH3 is 1. The van der Waals surface area contributed by atoms with Crippen molar-refractivity contribution >= 4 is 56.4 Å². The third-order valence-electron chi connectivity index (χ3n) is 6.19. The molecule has 3 rings (SSSR count). The van der Waals surface area contributed by atoms with Crippen molar-refractivity contribution in [3.05, 3.63) is 71.1 Å². The van der Waals surface area contributed by atoms with Crippen molar-refractivity contribution in [2.24, 2.45) is 0 Å². The Bertz CT molecular complexity index is 1350. The number of benzene rings is 2. The highest BCUT2D eigenvalue weighted by Crippen LogP contribution is 2.32. The number of anilines is 1. The normalized spacial score (nSPS) is 17.6. The molecule has 2 aromatic carbocycles. The van der Waals surface area contributed by atoms with Crippen LogP contribution in [0.2, 0.25) is 0 Å². The van der Waals surface area contributed by atoms with E-state index in [1.165, 1.54) is 56.1 Å². The summed E-state index contributed by atoms with van der Waals surface area (Å²) in [6, 6.07) is 14.0. The Morgan fingerprint density at radius 3 is 2.28 bits per heavy atom. The number of thioether (sulfide) groups is 1. The third-order valence-corrected chi connectivity index (χ3v) is 8.74. The standard InChI is InChI=1S/C27H31N3O7S2/c1-19(31)38-23-16-24(30(17-23)39(35,36)15-14-20-8-6-5-7-9-20)26(33)28(2)18-25(32)29(3)22-12-10-21(11-13-22)27(34)37-4/h5-15,23-24H,16-18H2,1-4H3/t23-,24+/m1/s1. The number of amides is 2. The molecule has 2 aromatic rings. The molecule has 0 radical (unpaired) electrons. The molecule has 2 amide bonds. The van der Waals surface area contributed by atoms with Crippen molar-refractivity contribution in [1.82, 2.24) is 9.21 Å². The molecule has 1 aliphatic heterocycles. The largest absolute Gasteiger partial charge is 0.465 e. The minimum Gasteiger partial charge on any atom is -0.465 e. The lowest BCUT2D eigenvalue weighted by atomic mass is 10.2. The molecule has 1 heterocycles.